The van der Waals surface area contributed by atoms with Gasteiger partial charge in [-0.15, -0.1) is 0 Å². The number of fused-ring (bicyclic) bond motifs is 1. The summed E-state index contributed by atoms with van der Waals surface area (Å²) in [4.78, 5) is 0. The van der Waals surface area contributed by atoms with Crippen LogP contribution in [0.2, 0.25) is 0 Å². The molecule has 21 heavy (non-hydrogen) atoms. The van der Waals surface area contributed by atoms with Crippen LogP contribution in [0.1, 0.15) is 55.9 Å². The Bertz CT molecular complexity index is 660. The molecule has 0 saturated heterocycles. The molecule has 2 aromatic rings. The van der Waals surface area contributed by atoms with Crippen molar-refractivity contribution in [2.45, 2.75) is 45.4 Å². The van der Waals surface area contributed by atoms with Crippen molar-refractivity contribution in [3.05, 3.63) is 70.8 Å². The Labute approximate surface area is 128 Å². The minimum atomic E-state index is 0.316. The van der Waals surface area contributed by atoms with Crippen molar-refractivity contribution in [1.82, 2.24) is 0 Å². The molecule has 0 heterocycles. The standard InChI is InChI=1S/C21H24/c1-16(14-17-8-5-4-6-9-17)19-12-11-18-10-7-13-21(2,3)20(18)15-19/h4-6,8-9,11-12,14-15H,7,10,13H2,1-3H3/b16-14+. The van der Waals surface area contributed by atoms with Crippen LogP contribution in [0.4, 0.5) is 0 Å². The summed E-state index contributed by atoms with van der Waals surface area (Å²) in [6.07, 6.45) is 6.13. The lowest BCUT2D eigenvalue weighted by Gasteiger charge is -2.33. The fourth-order valence-electron chi connectivity index (χ4n) is 3.41. The number of allylic oxidation sites excluding steroid dienone is 1. The molecule has 0 heteroatoms. The third-order valence-corrected chi connectivity index (χ3v) is 4.72. The van der Waals surface area contributed by atoms with Crippen molar-refractivity contribution in [2.75, 3.05) is 0 Å². The summed E-state index contributed by atoms with van der Waals surface area (Å²) in [5.74, 6) is 0. The molecule has 0 saturated carbocycles. The van der Waals surface area contributed by atoms with Gasteiger partial charge in [-0.1, -0.05) is 68.5 Å². The van der Waals surface area contributed by atoms with Crippen molar-refractivity contribution < 1.29 is 0 Å². The Morgan fingerprint density at radius 2 is 1.81 bits per heavy atom. The van der Waals surface area contributed by atoms with Crippen molar-refractivity contribution in [2.24, 2.45) is 0 Å². The summed E-state index contributed by atoms with van der Waals surface area (Å²) in [5, 5.41) is 0. The third-order valence-electron chi connectivity index (χ3n) is 4.72. The lowest BCUT2D eigenvalue weighted by molar-refractivity contribution is 0.432. The maximum absolute atomic E-state index is 2.42. The van der Waals surface area contributed by atoms with Crippen LogP contribution < -0.4 is 0 Å². The van der Waals surface area contributed by atoms with Crippen LogP contribution in [0.3, 0.4) is 0 Å². The maximum atomic E-state index is 2.42. The van der Waals surface area contributed by atoms with E-state index in [1.54, 1.807) is 11.1 Å². The minimum absolute atomic E-state index is 0.316. The molecule has 0 spiro atoms. The van der Waals surface area contributed by atoms with E-state index in [-0.39, 0.29) is 0 Å². The van der Waals surface area contributed by atoms with Crippen molar-refractivity contribution >= 4 is 11.6 Å². The molecule has 0 radical (unpaired) electrons. The van der Waals surface area contributed by atoms with Gasteiger partial charge < -0.3 is 0 Å². The van der Waals surface area contributed by atoms with Crippen LogP contribution >= 0.6 is 0 Å². The average Bonchev–Trinajstić information content (AvgIpc) is 2.48. The highest BCUT2D eigenvalue weighted by Crippen LogP contribution is 2.38. The monoisotopic (exact) mass is 276 g/mol. The number of aryl methyl sites for hydroxylation is 1. The van der Waals surface area contributed by atoms with Crippen molar-refractivity contribution in [1.29, 1.82) is 0 Å². The summed E-state index contributed by atoms with van der Waals surface area (Å²) in [5.41, 5.74) is 7.37. The summed E-state index contributed by atoms with van der Waals surface area (Å²) in [6, 6.07) is 17.6. The SMILES string of the molecule is C/C(=C\c1ccccc1)c1ccc2c(c1)C(C)(C)CCC2. The van der Waals surface area contributed by atoms with Gasteiger partial charge in [0.05, 0.1) is 0 Å². The van der Waals surface area contributed by atoms with Gasteiger partial charge in [-0.2, -0.15) is 0 Å². The van der Waals surface area contributed by atoms with Gasteiger partial charge in [0.1, 0.15) is 0 Å². The first kappa shape index (κ1) is 14.1. The van der Waals surface area contributed by atoms with E-state index in [1.807, 2.05) is 0 Å². The summed E-state index contributed by atoms with van der Waals surface area (Å²) in [6.45, 7) is 6.97. The third kappa shape index (κ3) is 2.95. The number of hydrogen-bond acceptors (Lipinski definition) is 0. The summed E-state index contributed by atoms with van der Waals surface area (Å²) < 4.78 is 0. The molecule has 0 atom stereocenters. The van der Waals surface area contributed by atoms with Gasteiger partial charge >= 0.3 is 0 Å². The number of hydrogen-bond donors (Lipinski definition) is 0. The Hall–Kier alpha value is -1.82. The number of benzene rings is 2. The van der Waals surface area contributed by atoms with Crippen molar-refractivity contribution in [3.63, 3.8) is 0 Å². The molecule has 1 aliphatic rings. The Morgan fingerprint density at radius 3 is 2.57 bits per heavy atom. The highest BCUT2D eigenvalue weighted by atomic mass is 14.3. The smallest absolute Gasteiger partial charge is 0.0100 e. The van der Waals surface area contributed by atoms with Gasteiger partial charge in [-0.05, 0) is 59.4 Å². The molecular formula is C21H24. The maximum Gasteiger partial charge on any atom is -0.0100 e. The molecule has 0 N–H and O–H groups in total. The first-order valence-corrected chi connectivity index (χ1v) is 7.93. The molecule has 1 aliphatic carbocycles. The van der Waals surface area contributed by atoms with Gasteiger partial charge in [0.2, 0.25) is 0 Å². The topological polar surface area (TPSA) is 0 Å². The zero-order chi connectivity index (χ0) is 14.9. The molecule has 0 aromatic heterocycles. The zero-order valence-electron chi connectivity index (χ0n) is 13.3. The lowest BCUT2D eigenvalue weighted by Crippen LogP contribution is -2.23. The molecule has 0 amide bonds. The highest BCUT2D eigenvalue weighted by Gasteiger charge is 2.27. The molecule has 0 unspecified atom stereocenters. The van der Waals surface area contributed by atoms with E-state index in [0.29, 0.717) is 5.41 Å². The second-order valence-electron chi connectivity index (χ2n) is 6.85. The van der Waals surface area contributed by atoms with Crippen LogP contribution in [0, 0.1) is 0 Å². The van der Waals surface area contributed by atoms with Crippen LogP contribution in [-0.2, 0) is 11.8 Å². The predicted octanol–water partition coefficient (Wildman–Crippen LogP) is 5.86. The second-order valence-corrected chi connectivity index (χ2v) is 6.85. The Kier molecular flexibility index (Phi) is 3.71. The van der Waals surface area contributed by atoms with Gasteiger partial charge in [0, 0.05) is 0 Å². The molecule has 0 bridgehead atoms. The minimum Gasteiger partial charge on any atom is -0.0622 e. The van der Waals surface area contributed by atoms with Crippen molar-refractivity contribution in [3.8, 4) is 0 Å². The number of rotatable bonds is 2. The fourth-order valence-corrected chi connectivity index (χ4v) is 3.41. The normalized spacial score (nSPS) is 17.4. The van der Waals surface area contributed by atoms with E-state index >= 15 is 0 Å². The quantitative estimate of drug-likeness (QED) is 0.602. The van der Waals surface area contributed by atoms with E-state index in [4.69, 9.17) is 0 Å². The van der Waals surface area contributed by atoms with E-state index < -0.39 is 0 Å². The van der Waals surface area contributed by atoms with Gasteiger partial charge in [-0.3, -0.25) is 0 Å². The lowest BCUT2D eigenvalue weighted by atomic mass is 9.72. The van der Waals surface area contributed by atoms with Gasteiger partial charge in [0.15, 0.2) is 0 Å². The Morgan fingerprint density at radius 1 is 1.05 bits per heavy atom. The molecule has 108 valence electrons. The van der Waals surface area contributed by atoms with E-state index in [0.717, 1.165) is 0 Å². The average molecular weight is 276 g/mol. The van der Waals surface area contributed by atoms with Crippen LogP contribution in [0.15, 0.2) is 48.5 Å². The fraction of sp³-hybridized carbons (Fsp3) is 0.333. The first-order chi connectivity index (χ1) is 10.1. The van der Waals surface area contributed by atoms with Crippen LogP contribution in [-0.4, -0.2) is 0 Å². The summed E-state index contributed by atoms with van der Waals surface area (Å²) >= 11 is 0. The molecular weight excluding hydrogens is 252 g/mol. The largest absolute Gasteiger partial charge is 0.0622 e. The first-order valence-electron chi connectivity index (χ1n) is 7.93. The molecule has 2 aromatic carbocycles. The van der Waals surface area contributed by atoms with E-state index in [9.17, 15) is 0 Å². The van der Waals surface area contributed by atoms with E-state index in [2.05, 4.69) is 75.4 Å². The second kappa shape index (κ2) is 5.52. The Balaban J connectivity index is 1.99. The van der Waals surface area contributed by atoms with Crippen LogP contribution in [0.5, 0.6) is 0 Å². The molecule has 0 fully saturated rings. The van der Waals surface area contributed by atoms with E-state index in [1.165, 1.54) is 36.0 Å². The summed E-state index contributed by atoms with van der Waals surface area (Å²) in [7, 11) is 0. The molecule has 0 nitrogen and oxygen atoms in total. The predicted molar refractivity (Wildman–Crippen MR) is 92.4 cm³/mol. The van der Waals surface area contributed by atoms with Gasteiger partial charge in [0.25, 0.3) is 0 Å². The van der Waals surface area contributed by atoms with Gasteiger partial charge in [-0.25, -0.2) is 0 Å². The zero-order valence-corrected chi connectivity index (χ0v) is 13.3. The van der Waals surface area contributed by atoms with Crippen LogP contribution in [0.25, 0.3) is 11.6 Å². The molecule has 0 aliphatic heterocycles. The molecule has 3 rings (SSSR count). The highest BCUT2D eigenvalue weighted by molar-refractivity contribution is 5.80.